The van der Waals surface area contributed by atoms with Gasteiger partial charge in [0.05, 0.1) is 28.6 Å². The highest BCUT2D eigenvalue weighted by Crippen LogP contribution is 2.31. The minimum atomic E-state index is -1.04. The van der Waals surface area contributed by atoms with Gasteiger partial charge in [0, 0.05) is 22.4 Å². The molecule has 6 nitrogen and oxygen atoms in total. The Morgan fingerprint density at radius 2 is 1.91 bits per heavy atom. The first-order chi connectivity index (χ1) is 16.5. The molecule has 0 amide bonds. The Morgan fingerprint density at radius 3 is 2.54 bits per heavy atom. The zero-order chi connectivity index (χ0) is 25.9. The number of rotatable bonds is 7. The van der Waals surface area contributed by atoms with E-state index in [1.54, 1.807) is 49.4 Å². The number of carboxylic acid groups (broad SMARTS) is 1. The van der Waals surface area contributed by atoms with E-state index in [2.05, 4.69) is 18.0 Å². The van der Waals surface area contributed by atoms with Crippen LogP contribution in [-0.4, -0.2) is 11.1 Å². The molecule has 0 aliphatic heterocycles. The molecule has 0 saturated carbocycles. The van der Waals surface area contributed by atoms with E-state index < -0.39 is 5.97 Å². The molecule has 2 N–H and O–H groups in total. The minimum Gasteiger partial charge on any atom is -0.478 e. The van der Waals surface area contributed by atoms with Crippen molar-refractivity contribution in [3.63, 3.8) is 0 Å². The average molecular weight is 469 g/mol. The summed E-state index contributed by atoms with van der Waals surface area (Å²) in [5, 5.41) is 22.6. The third kappa shape index (κ3) is 5.42. The van der Waals surface area contributed by atoms with Crippen LogP contribution >= 0.6 is 0 Å². The van der Waals surface area contributed by atoms with Gasteiger partial charge >= 0.3 is 5.97 Å². The monoisotopic (exact) mass is 468 g/mol. The molecule has 6 heteroatoms. The molecule has 1 atom stereocenters. The lowest BCUT2D eigenvalue weighted by Gasteiger charge is -2.20. The van der Waals surface area contributed by atoms with Crippen molar-refractivity contribution in [3.8, 4) is 17.4 Å². The molecule has 0 bridgehead atoms. The van der Waals surface area contributed by atoms with Crippen LogP contribution in [0.25, 0.3) is 22.3 Å². The number of carboxylic acids is 1. The van der Waals surface area contributed by atoms with Gasteiger partial charge in [-0.25, -0.2) is 4.79 Å². The molecule has 1 heterocycles. The molecule has 0 fully saturated rings. The first-order valence-electron chi connectivity index (χ1n) is 11.2. The number of aliphatic carboxylic acids is 1. The number of hydrogen-bond acceptors (Lipinski definition) is 5. The van der Waals surface area contributed by atoms with Gasteiger partial charge in [-0.15, -0.1) is 0 Å². The average Bonchev–Trinajstić information content (AvgIpc) is 2.83. The summed E-state index contributed by atoms with van der Waals surface area (Å²) < 4.78 is 6.34. The topological polar surface area (TPSA) is 103 Å². The standard InChI is InChI=1S/C29H28N2O4/c1-16(2)10-11-25(18(4)29(33)34)31-20(6)23-12-17(3)13-24-26(32)19(5)27(35-28(23)24)22-9-7-8-21(14-22)15-30/h7-14,20,31H,1H2,2-6H3,(H,33,34)/b11-10-,25-18-. The van der Waals surface area contributed by atoms with Crippen LogP contribution in [0, 0.1) is 25.2 Å². The van der Waals surface area contributed by atoms with Crippen molar-refractivity contribution >= 4 is 16.9 Å². The van der Waals surface area contributed by atoms with Crippen LogP contribution in [0.3, 0.4) is 0 Å². The quantitative estimate of drug-likeness (QED) is 0.321. The lowest BCUT2D eigenvalue weighted by atomic mass is 9.98. The summed E-state index contributed by atoms with van der Waals surface area (Å²) in [4.78, 5) is 25.0. The van der Waals surface area contributed by atoms with Gasteiger partial charge in [-0.2, -0.15) is 5.26 Å². The number of fused-ring (bicyclic) bond motifs is 1. The lowest BCUT2D eigenvalue weighted by molar-refractivity contribution is -0.132. The van der Waals surface area contributed by atoms with Crippen molar-refractivity contribution in [2.45, 2.75) is 40.7 Å². The van der Waals surface area contributed by atoms with E-state index in [0.717, 1.165) is 11.1 Å². The molecule has 3 rings (SSSR count). The smallest absolute Gasteiger partial charge is 0.333 e. The number of nitrogens with one attached hydrogen (secondary N) is 1. The van der Waals surface area contributed by atoms with Crippen molar-refractivity contribution < 1.29 is 14.3 Å². The fourth-order valence-corrected chi connectivity index (χ4v) is 3.83. The SMILES string of the molecule is C=C(C)/C=C\C(NC(C)c1cc(C)cc2c(=O)c(C)c(-c3cccc(C#N)c3)oc12)=C(/C)C(=O)O. The second kappa shape index (κ2) is 10.3. The first-order valence-corrected chi connectivity index (χ1v) is 11.2. The van der Waals surface area contributed by atoms with Crippen LogP contribution in [0.4, 0.5) is 0 Å². The normalized spacial score (nSPS) is 12.8. The summed E-state index contributed by atoms with van der Waals surface area (Å²) in [6, 6.07) is 12.4. The Kier molecular flexibility index (Phi) is 7.41. The maximum Gasteiger partial charge on any atom is 0.333 e. The number of benzene rings is 2. The molecule has 3 aromatic rings. The van der Waals surface area contributed by atoms with Crippen LogP contribution in [0.5, 0.6) is 0 Å². The second-order valence-electron chi connectivity index (χ2n) is 8.70. The van der Waals surface area contributed by atoms with Gasteiger partial charge in [0.25, 0.3) is 0 Å². The van der Waals surface area contributed by atoms with Gasteiger partial charge in [-0.3, -0.25) is 4.79 Å². The van der Waals surface area contributed by atoms with Crippen molar-refractivity contribution in [2.75, 3.05) is 0 Å². The van der Waals surface area contributed by atoms with Gasteiger partial charge in [0.2, 0.25) is 0 Å². The van der Waals surface area contributed by atoms with Crippen molar-refractivity contribution in [1.82, 2.24) is 5.32 Å². The fourth-order valence-electron chi connectivity index (χ4n) is 3.83. The summed E-state index contributed by atoms with van der Waals surface area (Å²) in [6.07, 6.45) is 3.42. The molecule has 0 aliphatic rings. The molecule has 0 spiro atoms. The first kappa shape index (κ1) is 25.3. The molecule has 0 aliphatic carbocycles. The summed E-state index contributed by atoms with van der Waals surface area (Å²) in [7, 11) is 0. The zero-order valence-corrected chi connectivity index (χ0v) is 20.5. The van der Waals surface area contributed by atoms with Crippen LogP contribution in [0.15, 0.2) is 81.2 Å². The maximum absolute atomic E-state index is 13.3. The summed E-state index contributed by atoms with van der Waals surface area (Å²) >= 11 is 0. The van der Waals surface area contributed by atoms with Gasteiger partial charge < -0.3 is 14.8 Å². The predicted molar refractivity (Wildman–Crippen MR) is 138 cm³/mol. The summed E-state index contributed by atoms with van der Waals surface area (Å²) in [5.74, 6) is -0.640. The van der Waals surface area contributed by atoms with E-state index >= 15 is 0 Å². The third-order valence-corrected chi connectivity index (χ3v) is 5.74. The van der Waals surface area contributed by atoms with Crippen LogP contribution in [0.1, 0.15) is 49.1 Å². The highest BCUT2D eigenvalue weighted by Gasteiger charge is 2.20. The van der Waals surface area contributed by atoms with E-state index in [9.17, 15) is 20.0 Å². The number of carbonyl (C=O) groups is 1. The van der Waals surface area contributed by atoms with Gasteiger partial charge in [-0.05, 0) is 64.5 Å². The molecule has 35 heavy (non-hydrogen) atoms. The van der Waals surface area contributed by atoms with Crippen LogP contribution in [0.2, 0.25) is 0 Å². The molecule has 0 saturated heterocycles. The van der Waals surface area contributed by atoms with E-state index in [-0.39, 0.29) is 17.0 Å². The van der Waals surface area contributed by atoms with Crippen molar-refractivity contribution in [3.05, 3.63) is 104 Å². The van der Waals surface area contributed by atoms with E-state index in [1.165, 1.54) is 6.92 Å². The Labute approximate surface area is 204 Å². The maximum atomic E-state index is 13.3. The second-order valence-corrected chi connectivity index (χ2v) is 8.70. The highest BCUT2D eigenvalue weighted by atomic mass is 16.4. The van der Waals surface area contributed by atoms with Gasteiger partial charge in [0.15, 0.2) is 5.43 Å². The molecule has 1 unspecified atom stereocenters. The number of hydrogen-bond donors (Lipinski definition) is 2. The molecular weight excluding hydrogens is 440 g/mol. The lowest BCUT2D eigenvalue weighted by Crippen LogP contribution is -2.21. The zero-order valence-electron chi connectivity index (χ0n) is 20.5. The molecule has 2 aromatic carbocycles. The Hall–Kier alpha value is -4.37. The van der Waals surface area contributed by atoms with E-state index in [4.69, 9.17) is 4.42 Å². The minimum absolute atomic E-state index is 0.151. The Morgan fingerprint density at radius 1 is 1.20 bits per heavy atom. The highest BCUT2D eigenvalue weighted by molar-refractivity contribution is 5.87. The summed E-state index contributed by atoms with van der Waals surface area (Å²) in [6.45, 7) is 12.7. The van der Waals surface area contributed by atoms with Gasteiger partial charge in [-0.1, -0.05) is 36.4 Å². The summed E-state index contributed by atoms with van der Waals surface area (Å²) in [5.41, 5.74) is 4.78. The molecule has 1 aromatic heterocycles. The fraction of sp³-hybridized carbons (Fsp3) is 0.207. The number of nitrogens with zero attached hydrogens (tertiary/aromatic N) is 1. The van der Waals surface area contributed by atoms with E-state index in [0.29, 0.717) is 44.7 Å². The molecular formula is C29H28N2O4. The number of nitriles is 1. The Bertz CT molecular complexity index is 1500. The van der Waals surface area contributed by atoms with Crippen LogP contribution < -0.4 is 10.7 Å². The Balaban J connectivity index is 2.23. The van der Waals surface area contributed by atoms with Crippen molar-refractivity contribution in [1.29, 1.82) is 5.26 Å². The number of allylic oxidation sites excluding steroid dienone is 3. The van der Waals surface area contributed by atoms with Crippen molar-refractivity contribution in [2.24, 2.45) is 0 Å². The largest absolute Gasteiger partial charge is 0.478 e. The van der Waals surface area contributed by atoms with Crippen LogP contribution in [-0.2, 0) is 4.79 Å². The molecule has 0 radical (unpaired) electrons. The van der Waals surface area contributed by atoms with E-state index in [1.807, 2.05) is 26.8 Å². The third-order valence-electron chi connectivity index (χ3n) is 5.74. The van der Waals surface area contributed by atoms with Gasteiger partial charge in [0.1, 0.15) is 11.3 Å². The predicted octanol–water partition coefficient (Wildman–Crippen LogP) is 6.09. The number of aryl methyl sites for hydroxylation is 1. The molecule has 178 valence electrons.